The number of methoxy groups -OCH3 is 1. The summed E-state index contributed by atoms with van der Waals surface area (Å²) in [6.07, 6.45) is 1.80. The molecule has 0 bridgehead atoms. The fourth-order valence-electron chi connectivity index (χ4n) is 2.93. The Labute approximate surface area is 142 Å². The molecule has 3 rings (SSSR count). The Morgan fingerprint density at radius 3 is 2.88 bits per heavy atom. The number of ether oxygens (including phenoxy) is 1. The quantitative estimate of drug-likeness (QED) is 0.829. The maximum absolute atomic E-state index is 12.2. The zero-order valence-electron chi connectivity index (χ0n) is 14.0. The van der Waals surface area contributed by atoms with Crippen LogP contribution in [0.5, 0.6) is 0 Å². The van der Waals surface area contributed by atoms with Crippen molar-refractivity contribution in [1.82, 2.24) is 10.3 Å². The third-order valence-electron chi connectivity index (χ3n) is 4.23. The highest BCUT2D eigenvalue weighted by molar-refractivity contribution is 5.92. The number of rotatable bonds is 6. The Morgan fingerprint density at radius 1 is 1.21 bits per heavy atom. The maximum atomic E-state index is 12.2. The van der Waals surface area contributed by atoms with E-state index in [1.54, 1.807) is 13.2 Å². The van der Waals surface area contributed by atoms with Crippen LogP contribution in [0.15, 0.2) is 42.5 Å². The normalized spacial score (nSPS) is 13.5. The fraction of sp³-hybridized carbons (Fsp3) is 0.368. The van der Waals surface area contributed by atoms with E-state index in [1.165, 1.54) is 11.1 Å². The van der Waals surface area contributed by atoms with Crippen molar-refractivity contribution in [2.24, 2.45) is 0 Å². The predicted molar refractivity (Wildman–Crippen MR) is 94.3 cm³/mol. The van der Waals surface area contributed by atoms with E-state index in [2.05, 4.69) is 39.5 Å². The zero-order chi connectivity index (χ0) is 16.8. The van der Waals surface area contributed by atoms with Gasteiger partial charge in [-0.15, -0.1) is 0 Å². The molecule has 0 aliphatic carbocycles. The molecule has 1 aliphatic rings. The van der Waals surface area contributed by atoms with Crippen LogP contribution in [0.4, 0.5) is 5.82 Å². The minimum atomic E-state index is -0.134. The van der Waals surface area contributed by atoms with Gasteiger partial charge in [0, 0.05) is 33.4 Å². The van der Waals surface area contributed by atoms with Crippen molar-refractivity contribution >= 4 is 11.7 Å². The van der Waals surface area contributed by atoms with Gasteiger partial charge in [-0.2, -0.15) is 0 Å². The number of carbonyl (C=O) groups excluding carboxylic acids is 1. The van der Waals surface area contributed by atoms with Crippen LogP contribution >= 0.6 is 0 Å². The fourth-order valence-corrected chi connectivity index (χ4v) is 2.93. The van der Waals surface area contributed by atoms with Crippen molar-refractivity contribution in [3.05, 3.63) is 59.3 Å². The van der Waals surface area contributed by atoms with E-state index in [9.17, 15) is 4.79 Å². The summed E-state index contributed by atoms with van der Waals surface area (Å²) in [7, 11) is 1.66. The minimum Gasteiger partial charge on any atom is -0.385 e. The molecule has 0 fully saturated rings. The first-order chi connectivity index (χ1) is 11.8. The molecule has 1 amide bonds. The summed E-state index contributed by atoms with van der Waals surface area (Å²) in [6.45, 7) is 2.99. The SMILES string of the molecule is COCCCNC(=O)c1cccc(N2CCc3ccccc3C2)n1. The lowest BCUT2D eigenvalue weighted by Gasteiger charge is -2.29. The van der Waals surface area contributed by atoms with Gasteiger partial charge in [0.05, 0.1) is 0 Å². The number of aromatic nitrogens is 1. The minimum absolute atomic E-state index is 0.134. The first kappa shape index (κ1) is 16.5. The summed E-state index contributed by atoms with van der Waals surface area (Å²) in [4.78, 5) is 19.0. The average molecular weight is 325 g/mol. The Kier molecular flexibility index (Phi) is 5.43. The summed E-state index contributed by atoms with van der Waals surface area (Å²) in [5, 5.41) is 2.88. The second kappa shape index (κ2) is 7.93. The Hall–Kier alpha value is -2.40. The topological polar surface area (TPSA) is 54.5 Å². The van der Waals surface area contributed by atoms with E-state index < -0.39 is 0 Å². The number of fused-ring (bicyclic) bond motifs is 1. The van der Waals surface area contributed by atoms with Gasteiger partial charge in [0.1, 0.15) is 11.5 Å². The van der Waals surface area contributed by atoms with Gasteiger partial charge in [-0.1, -0.05) is 30.3 Å². The molecule has 0 saturated carbocycles. The number of pyridine rings is 1. The van der Waals surface area contributed by atoms with Crippen LogP contribution in [0.2, 0.25) is 0 Å². The number of nitrogens with one attached hydrogen (secondary N) is 1. The lowest BCUT2D eigenvalue weighted by molar-refractivity contribution is 0.0943. The van der Waals surface area contributed by atoms with E-state index in [0.717, 1.165) is 31.7 Å². The van der Waals surface area contributed by atoms with Crippen LogP contribution in [-0.4, -0.2) is 37.7 Å². The second-order valence-corrected chi connectivity index (χ2v) is 5.92. The zero-order valence-corrected chi connectivity index (χ0v) is 14.0. The predicted octanol–water partition coefficient (Wildman–Crippen LogP) is 2.41. The number of benzene rings is 1. The molecule has 0 spiro atoms. The van der Waals surface area contributed by atoms with Gasteiger partial charge in [0.25, 0.3) is 5.91 Å². The van der Waals surface area contributed by atoms with E-state index in [-0.39, 0.29) is 5.91 Å². The lowest BCUT2D eigenvalue weighted by Crippen LogP contribution is -2.32. The molecule has 1 N–H and O–H groups in total. The molecule has 2 aromatic rings. The van der Waals surface area contributed by atoms with Crippen molar-refractivity contribution in [3.8, 4) is 0 Å². The Bertz CT molecular complexity index is 703. The third kappa shape index (κ3) is 3.92. The first-order valence-electron chi connectivity index (χ1n) is 8.34. The van der Waals surface area contributed by atoms with Crippen LogP contribution < -0.4 is 10.2 Å². The summed E-state index contributed by atoms with van der Waals surface area (Å²) < 4.78 is 4.98. The largest absolute Gasteiger partial charge is 0.385 e. The molecule has 24 heavy (non-hydrogen) atoms. The highest BCUT2D eigenvalue weighted by atomic mass is 16.5. The third-order valence-corrected chi connectivity index (χ3v) is 4.23. The standard InChI is InChI=1S/C19H23N3O2/c1-24-13-5-11-20-19(23)17-8-4-9-18(21-17)22-12-10-15-6-2-3-7-16(15)14-22/h2-4,6-9H,5,10-14H2,1H3,(H,20,23). The van der Waals surface area contributed by atoms with Crippen molar-refractivity contribution in [1.29, 1.82) is 0 Å². The first-order valence-corrected chi connectivity index (χ1v) is 8.34. The summed E-state index contributed by atoms with van der Waals surface area (Å²) in [5.41, 5.74) is 3.20. The molecule has 0 atom stereocenters. The van der Waals surface area contributed by atoms with Crippen LogP contribution in [0, 0.1) is 0 Å². The molecule has 126 valence electrons. The number of anilines is 1. The molecule has 2 heterocycles. The highest BCUT2D eigenvalue weighted by Crippen LogP contribution is 2.23. The van der Waals surface area contributed by atoms with Crippen LogP contribution in [0.25, 0.3) is 0 Å². The number of hydrogen-bond donors (Lipinski definition) is 1. The molecule has 1 aliphatic heterocycles. The molecule has 0 radical (unpaired) electrons. The molecule has 5 heteroatoms. The van der Waals surface area contributed by atoms with Gasteiger partial charge < -0.3 is 15.0 Å². The molecular formula is C19H23N3O2. The maximum Gasteiger partial charge on any atom is 0.269 e. The van der Waals surface area contributed by atoms with Gasteiger partial charge in [0.2, 0.25) is 0 Å². The van der Waals surface area contributed by atoms with Crippen LogP contribution in [0.3, 0.4) is 0 Å². The number of hydrogen-bond acceptors (Lipinski definition) is 4. The van der Waals surface area contributed by atoms with E-state index in [1.807, 2.05) is 12.1 Å². The van der Waals surface area contributed by atoms with Crippen molar-refractivity contribution in [2.75, 3.05) is 31.7 Å². The van der Waals surface area contributed by atoms with Crippen molar-refractivity contribution in [2.45, 2.75) is 19.4 Å². The number of carbonyl (C=O) groups is 1. The van der Waals surface area contributed by atoms with Crippen molar-refractivity contribution < 1.29 is 9.53 Å². The summed E-state index contributed by atoms with van der Waals surface area (Å²) in [5.74, 6) is 0.722. The van der Waals surface area contributed by atoms with Gasteiger partial charge in [-0.05, 0) is 36.1 Å². The Morgan fingerprint density at radius 2 is 2.04 bits per heavy atom. The molecule has 1 aromatic carbocycles. The van der Waals surface area contributed by atoms with Gasteiger partial charge in [-0.25, -0.2) is 4.98 Å². The highest BCUT2D eigenvalue weighted by Gasteiger charge is 2.18. The second-order valence-electron chi connectivity index (χ2n) is 5.92. The number of amides is 1. The molecule has 5 nitrogen and oxygen atoms in total. The van der Waals surface area contributed by atoms with Crippen LogP contribution in [-0.2, 0) is 17.7 Å². The van der Waals surface area contributed by atoms with Gasteiger partial charge in [0.15, 0.2) is 0 Å². The average Bonchev–Trinajstić information content (AvgIpc) is 2.65. The molecular weight excluding hydrogens is 302 g/mol. The smallest absolute Gasteiger partial charge is 0.269 e. The summed E-state index contributed by atoms with van der Waals surface area (Å²) >= 11 is 0. The van der Waals surface area contributed by atoms with Gasteiger partial charge >= 0.3 is 0 Å². The monoisotopic (exact) mass is 325 g/mol. The lowest BCUT2D eigenvalue weighted by atomic mass is 10.00. The van der Waals surface area contributed by atoms with Crippen LogP contribution in [0.1, 0.15) is 28.0 Å². The van der Waals surface area contributed by atoms with E-state index in [4.69, 9.17) is 4.74 Å². The summed E-state index contributed by atoms with van der Waals surface area (Å²) in [6, 6.07) is 14.1. The molecule has 0 unspecified atom stereocenters. The van der Waals surface area contributed by atoms with Gasteiger partial charge in [-0.3, -0.25) is 4.79 Å². The molecule has 0 saturated heterocycles. The van der Waals surface area contributed by atoms with E-state index >= 15 is 0 Å². The Balaban J connectivity index is 1.66. The molecule has 1 aromatic heterocycles. The number of nitrogens with zero attached hydrogens (tertiary/aromatic N) is 2. The van der Waals surface area contributed by atoms with E-state index in [0.29, 0.717) is 18.8 Å². The van der Waals surface area contributed by atoms with Crippen molar-refractivity contribution in [3.63, 3.8) is 0 Å².